The van der Waals surface area contributed by atoms with E-state index in [1.165, 1.54) is 0 Å². The van der Waals surface area contributed by atoms with Crippen LogP contribution in [-0.2, 0) is 19.5 Å². The zero-order chi connectivity index (χ0) is 21.8. The molecule has 1 amide bonds. The third kappa shape index (κ3) is 9.64. The van der Waals surface area contributed by atoms with Gasteiger partial charge in [-0.25, -0.2) is 4.99 Å². The van der Waals surface area contributed by atoms with E-state index in [0.29, 0.717) is 25.2 Å². The molecule has 172 valence electrons. The maximum atomic E-state index is 12.3. The highest BCUT2D eigenvalue weighted by molar-refractivity contribution is 14.0. The van der Waals surface area contributed by atoms with Gasteiger partial charge in [0, 0.05) is 44.7 Å². The minimum Gasteiger partial charge on any atom is -0.357 e. The lowest BCUT2D eigenvalue weighted by atomic mass is 10.1. The van der Waals surface area contributed by atoms with Crippen LogP contribution in [-0.4, -0.2) is 71.8 Å². The zero-order valence-electron chi connectivity index (χ0n) is 18.9. The van der Waals surface area contributed by atoms with Crippen LogP contribution in [0.4, 0.5) is 0 Å². The summed E-state index contributed by atoms with van der Waals surface area (Å²) in [6.07, 6.45) is 2.60. The number of benzene rings is 1. The number of carbonyl (C=O) groups excluding carboxylic acids is 1. The molecule has 0 radical (unpaired) electrons. The molecule has 31 heavy (non-hydrogen) atoms. The Morgan fingerprint density at radius 1 is 1.16 bits per heavy atom. The summed E-state index contributed by atoms with van der Waals surface area (Å²) in [5.74, 6) is 1.65. The molecule has 1 aromatic carbocycles. The van der Waals surface area contributed by atoms with Crippen LogP contribution in [0.5, 0.6) is 0 Å². The Morgan fingerprint density at radius 3 is 2.68 bits per heavy atom. The number of amides is 1. The van der Waals surface area contributed by atoms with Crippen molar-refractivity contribution in [3.63, 3.8) is 0 Å². The van der Waals surface area contributed by atoms with Crippen molar-refractivity contribution in [2.24, 2.45) is 4.99 Å². The summed E-state index contributed by atoms with van der Waals surface area (Å²) < 4.78 is 2.04. The highest BCUT2D eigenvalue weighted by atomic mass is 127. The van der Waals surface area contributed by atoms with E-state index in [2.05, 4.69) is 38.1 Å². The third-order valence-electron chi connectivity index (χ3n) is 4.45. The quantitative estimate of drug-likeness (QED) is 0.226. The summed E-state index contributed by atoms with van der Waals surface area (Å²) in [6.45, 7) is 8.26. The van der Waals surface area contributed by atoms with Crippen molar-refractivity contribution < 1.29 is 4.79 Å². The van der Waals surface area contributed by atoms with Gasteiger partial charge >= 0.3 is 0 Å². The Balaban J connectivity index is 0.00000480. The van der Waals surface area contributed by atoms with Gasteiger partial charge in [0.05, 0.1) is 6.54 Å². The normalized spacial score (nSPS) is 11.2. The van der Waals surface area contributed by atoms with Crippen LogP contribution in [0.15, 0.2) is 35.6 Å². The maximum Gasteiger partial charge on any atom is 0.251 e. The smallest absolute Gasteiger partial charge is 0.251 e. The third-order valence-corrected chi connectivity index (χ3v) is 4.45. The second kappa shape index (κ2) is 14.7. The van der Waals surface area contributed by atoms with Gasteiger partial charge < -0.3 is 25.4 Å². The fourth-order valence-electron chi connectivity index (χ4n) is 2.85. The van der Waals surface area contributed by atoms with Gasteiger partial charge in [-0.1, -0.05) is 19.1 Å². The van der Waals surface area contributed by atoms with Crippen molar-refractivity contribution in [1.29, 1.82) is 0 Å². The number of guanidine groups is 1. The average molecular weight is 542 g/mol. The number of hydrogen-bond acceptors (Lipinski definition) is 5. The van der Waals surface area contributed by atoms with Gasteiger partial charge in [-0.05, 0) is 38.7 Å². The molecule has 0 fully saturated rings. The molecule has 0 saturated carbocycles. The lowest BCUT2D eigenvalue weighted by molar-refractivity contribution is 0.0951. The van der Waals surface area contributed by atoms with Gasteiger partial charge in [0.15, 0.2) is 5.96 Å². The predicted molar refractivity (Wildman–Crippen MR) is 135 cm³/mol. The Bertz CT molecular complexity index is 821. The van der Waals surface area contributed by atoms with E-state index in [4.69, 9.17) is 0 Å². The average Bonchev–Trinajstić information content (AvgIpc) is 3.19. The van der Waals surface area contributed by atoms with E-state index < -0.39 is 0 Å². The molecule has 1 aromatic heterocycles. The summed E-state index contributed by atoms with van der Waals surface area (Å²) in [6, 6.07) is 7.59. The number of halogens is 1. The van der Waals surface area contributed by atoms with Crippen molar-refractivity contribution in [1.82, 2.24) is 35.6 Å². The van der Waals surface area contributed by atoms with E-state index in [9.17, 15) is 4.79 Å². The molecule has 10 heteroatoms. The minimum absolute atomic E-state index is 0. The van der Waals surface area contributed by atoms with Crippen molar-refractivity contribution in [2.75, 3.05) is 40.3 Å². The molecular formula is C21H35IN8O. The van der Waals surface area contributed by atoms with Crippen molar-refractivity contribution in [2.45, 2.75) is 33.4 Å². The van der Waals surface area contributed by atoms with Crippen LogP contribution in [0, 0.1) is 0 Å². The van der Waals surface area contributed by atoms with E-state index in [1.807, 2.05) is 54.8 Å². The van der Waals surface area contributed by atoms with Crippen molar-refractivity contribution in [3.05, 3.63) is 47.5 Å². The molecule has 0 aliphatic carbocycles. The number of carbonyl (C=O) groups is 1. The highest BCUT2D eigenvalue weighted by Gasteiger charge is 2.06. The fourth-order valence-corrected chi connectivity index (χ4v) is 2.85. The Labute approximate surface area is 202 Å². The number of nitrogens with one attached hydrogen (secondary N) is 3. The molecule has 0 spiro atoms. The van der Waals surface area contributed by atoms with E-state index in [0.717, 1.165) is 43.4 Å². The molecule has 9 nitrogen and oxygen atoms in total. The van der Waals surface area contributed by atoms with Crippen LogP contribution in [0.2, 0.25) is 0 Å². The molecular weight excluding hydrogens is 507 g/mol. The molecule has 0 aliphatic rings. The van der Waals surface area contributed by atoms with E-state index in [-0.39, 0.29) is 29.9 Å². The standard InChI is InChI=1S/C21H34N8O.HI/c1-5-19-27-26-16-29(19)13-11-24-21(22-6-2)25-15-17-8-7-9-18(14-17)20(30)23-10-12-28(3)4;/h7-9,14,16H,5-6,10-13,15H2,1-4H3,(H,23,30)(H2,22,24,25);1H. The molecule has 3 N–H and O–H groups in total. The van der Waals surface area contributed by atoms with Gasteiger partial charge in [-0.15, -0.1) is 34.2 Å². The van der Waals surface area contributed by atoms with E-state index in [1.54, 1.807) is 6.33 Å². The number of rotatable bonds is 11. The van der Waals surface area contributed by atoms with Crippen LogP contribution >= 0.6 is 24.0 Å². The first kappa shape index (κ1) is 26.8. The van der Waals surface area contributed by atoms with Gasteiger partial charge in [-0.2, -0.15) is 0 Å². The molecule has 2 aromatic rings. The van der Waals surface area contributed by atoms with Gasteiger partial charge in [0.1, 0.15) is 12.2 Å². The van der Waals surface area contributed by atoms with E-state index >= 15 is 0 Å². The molecule has 0 unspecified atom stereocenters. The lowest BCUT2D eigenvalue weighted by Gasteiger charge is -2.13. The Morgan fingerprint density at radius 2 is 1.97 bits per heavy atom. The topological polar surface area (TPSA) is 99.5 Å². The first-order valence-corrected chi connectivity index (χ1v) is 10.4. The number of likely N-dealkylation sites (N-methyl/N-ethyl adjacent to an activating group) is 1. The van der Waals surface area contributed by atoms with Crippen LogP contribution in [0.25, 0.3) is 0 Å². The summed E-state index contributed by atoms with van der Waals surface area (Å²) in [5, 5.41) is 17.6. The first-order chi connectivity index (χ1) is 14.5. The van der Waals surface area contributed by atoms with Gasteiger partial charge in [-0.3, -0.25) is 4.79 Å². The summed E-state index contributed by atoms with van der Waals surface area (Å²) in [5.41, 5.74) is 1.64. The van der Waals surface area contributed by atoms with Crippen molar-refractivity contribution >= 4 is 35.8 Å². The number of aryl methyl sites for hydroxylation is 1. The summed E-state index contributed by atoms with van der Waals surface area (Å²) >= 11 is 0. The number of nitrogens with zero attached hydrogens (tertiary/aromatic N) is 5. The minimum atomic E-state index is -0.0617. The SMILES string of the molecule is CCNC(=NCc1cccc(C(=O)NCCN(C)C)c1)NCCn1cnnc1CC.I. The summed E-state index contributed by atoms with van der Waals surface area (Å²) in [7, 11) is 3.96. The van der Waals surface area contributed by atoms with Crippen LogP contribution in [0.1, 0.15) is 35.6 Å². The molecule has 0 aliphatic heterocycles. The molecule has 0 bridgehead atoms. The number of aromatic nitrogens is 3. The van der Waals surface area contributed by atoms with Crippen LogP contribution < -0.4 is 16.0 Å². The van der Waals surface area contributed by atoms with Crippen LogP contribution in [0.3, 0.4) is 0 Å². The Hall–Kier alpha value is -2.21. The number of aliphatic imine (C=N–C) groups is 1. The monoisotopic (exact) mass is 542 g/mol. The molecule has 0 saturated heterocycles. The highest BCUT2D eigenvalue weighted by Crippen LogP contribution is 2.07. The number of hydrogen-bond donors (Lipinski definition) is 3. The van der Waals surface area contributed by atoms with Gasteiger partial charge in [0.2, 0.25) is 0 Å². The fraction of sp³-hybridized carbons (Fsp3) is 0.524. The predicted octanol–water partition coefficient (Wildman–Crippen LogP) is 1.51. The molecule has 2 rings (SSSR count). The zero-order valence-corrected chi connectivity index (χ0v) is 21.2. The second-order valence-corrected chi connectivity index (χ2v) is 7.18. The largest absolute Gasteiger partial charge is 0.357 e. The lowest BCUT2D eigenvalue weighted by Crippen LogP contribution is -2.38. The second-order valence-electron chi connectivity index (χ2n) is 7.18. The Kier molecular flexibility index (Phi) is 12.8. The molecule has 0 atom stereocenters. The van der Waals surface area contributed by atoms with Gasteiger partial charge in [0.25, 0.3) is 5.91 Å². The maximum absolute atomic E-state index is 12.3. The molecule has 1 heterocycles. The van der Waals surface area contributed by atoms with Crippen molar-refractivity contribution in [3.8, 4) is 0 Å². The summed E-state index contributed by atoms with van der Waals surface area (Å²) in [4.78, 5) is 19.0. The first-order valence-electron chi connectivity index (χ1n) is 10.4.